The van der Waals surface area contributed by atoms with E-state index in [1.807, 2.05) is 54.6 Å². The van der Waals surface area contributed by atoms with Crippen molar-refractivity contribution in [1.82, 2.24) is 10.2 Å². The van der Waals surface area contributed by atoms with Gasteiger partial charge in [-0.3, -0.25) is 4.79 Å². The van der Waals surface area contributed by atoms with Crippen LogP contribution in [0.4, 0.5) is 10.5 Å². The first-order valence-corrected chi connectivity index (χ1v) is 9.65. The number of ether oxygens (including phenoxy) is 1. The Kier molecular flexibility index (Phi) is 6.53. The number of amides is 3. The highest BCUT2D eigenvalue weighted by molar-refractivity contribution is 5.95. The van der Waals surface area contributed by atoms with Crippen molar-refractivity contribution >= 4 is 17.6 Å². The molecule has 2 aromatic rings. The molecule has 3 rings (SSSR count). The van der Waals surface area contributed by atoms with E-state index in [2.05, 4.69) is 24.5 Å². The molecule has 0 unspecified atom stereocenters. The topological polar surface area (TPSA) is 70.7 Å². The van der Waals surface area contributed by atoms with Gasteiger partial charge >= 0.3 is 6.03 Å². The third kappa shape index (κ3) is 5.03. The van der Waals surface area contributed by atoms with Gasteiger partial charge in [-0.1, -0.05) is 56.3 Å². The fourth-order valence-corrected chi connectivity index (χ4v) is 3.14. The Labute approximate surface area is 165 Å². The summed E-state index contributed by atoms with van der Waals surface area (Å²) >= 11 is 0. The summed E-state index contributed by atoms with van der Waals surface area (Å²) < 4.78 is 5.82. The van der Waals surface area contributed by atoms with Gasteiger partial charge in [-0.25, -0.2) is 4.79 Å². The van der Waals surface area contributed by atoms with Gasteiger partial charge in [0.05, 0.1) is 12.3 Å². The van der Waals surface area contributed by atoms with E-state index >= 15 is 0 Å². The molecule has 1 fully saturated rings. The molecular weight excluding hydrogens is 354 g/mol. The predicted molar refractivity (Wildman–Crippen MR) is 109 cm³/mol. The summed E-state index contributed by atoms with van der Waals surface area (Å²) in [6.07, 6.45) is 0.478. The molecule has 1 aliphatic heterocycles. The molecule has 0 aromatic heterocycles. The van der Waals surface area contributed by atoms with E-state index in [1.165, 1.54) is 0 Å². The zero-order valence-electron chi connectivity index (χ0n) is 16.4. The smallest absolute Gasteiger partial charge is 0.322 e. The predicted octanol–water partition coefficient (Wildman–Crippen LogP) is 3.30. The highest BCUT2D eigenvalue weighted by atomic mass is 16.5. The van der Waals surface area contributed by atoms with Gasteiger partial charge in [0, 0.05) is 19.5 Å². The molecule has 28 heavy (non-hydrogen) atoms. The quantitative estimate of drug-likeness (QED) is 0.807. The van der Waals surface area contributed by atoms with Crippen LogP contribution in [0.15, 0.2) is 54.6 Å². The fourth-order valence-electron chi connectivity index (χ4n) is 3.14. The first kappa shape index (κ1) is 19.7. The van der Waals surface area contributed by atoms with Crippen molar-refractivity contribution in [2.45, 2.75) is 26.3 Å². The minimum Gasteiger partial charge on any atom is -0.491 e. The molecule has 2 N–H and O–H groups in total. The highest BCUT2D eigenvalue weighted by Crippen LogP contribution is 2.25. The van der Waals surface area contributed by atoms with E-state index in [0.29, 0.717) is 43.5 Å². The van der Waals surface area contributed by atoms with Crippen LogP contribution >= 0.6 is 0 Å². The normalized spacial score (nSPS) is 16.6. The van der Waals surface area contributed by atoms with E-state index in [-0.39, 0.29) is 11.9 Å². The monoisotopic (exact) mass is 381 g/mol. The van der Waals surface area contributed by atoms with Crippen molar-refractivity contribution < 1.29 is 14.3 Å². The van der Waals surface area contributed by atoms with E-state index in [4.69, 9.17) is 4.74 Å². The molecule has 0 bridgehead atoms. The standard InChI is InChI=1S/C22H27N3O3/c1-16(2)15-28-20-11-7-6-10-18(20)24-22(27)25-13-12-23-21(26)19(25)14-17-8-4-3-5-9-17/h3-11,16,19H,12-15H2,1-2H3,(H,23,26)(H,24,27)/t19-/m1/s1. The minimum absolute atomic E-state index is 0.130. The number of piperazine rings is 1. The van der Waals surface area contributed by atoms with Crippen LogP contribution in [0, 0.1) is 5.92 Å². The van der Waals surface area contributed by atoms with Crippen molar-refractivity contribution in [3.63, 3.8) is 0 Å². The van der Waals surface area contributed by atoms with Crippen molar-refractivity contribution in [2.75, 3.05) is 25.0 Å². The Balaban J connectivity index is 1.74. The van der Waals surface area contributed by atoms with E-state index in [0.717, 1.165) is 5.56 Å². The molecule has 6 nitrogen and oxygen atoms in total. The van der Waals surface area contributed by atoms with Gasteiger partial charge < -0.3 is 20.3 Å². The summed E-state index contributed by atoms with van der Waals surface area (Å²) in [5.74, 6) is 0.880. The Hall–Kier alpha value is -3.02. The lowest BCUT2D eigenvalue weighted by Crippen LogP contribution is -2.59. The van der Waals surface area contributed by atoms with Crippen LogP contribution in [-0.2, 0) is 11.2 Å². The molecule has 1 atom stereocenters. The average molecular weight is 381 g/mol. The third-order valence-corrected chi connectivity index (χ3v) is 4.56. The number of nitrogens with zero attached hydrogens (tertiary/aromatic N) is 1. The van der Waals surface area contributed by atoms with Gasteiger partial charge in [-0.05, 0) is 23.6 Å². The van der Waals surface area contributed by atoms with Gasteiger partial charge in [0.1, 0.15) is 11.8 Å². The van der Waals surface area contributed by atoms with Crippen LogP contribution in [0.25, 0.3) is 0 Å². The van der Waals surface area contributed by atoms with E-state index in [9.17, 15) is 9.59 Å². The Morgan fingerprint density at radius 1 is 1.18 bits per heavy atom. The lowest BCUT2D eigenvalue weighted by Gasteiger charge is -2.35. The molecular formula is C22H27N3O3. The van der Waals surface area contributed by atoms with Crippen LogP contribution in [0.1, 0.15) is 19.4 Å². The lowest BCUT2D eigenvalue weighted by molar-refractivity contribution is -0.127. The zero-order valence-corrected chi connectivity index (χ0v) is 16.4. The summed E-state index contributed by atoms with van der Waals surface area (Å²) in [6, 6.07) is 16.3. The first-order chi connectivity index (χ1) is 13.5. The van der Waals surface area contributed by atoms with E-state index < -0.39 is 6.04 Å². The second-order valence-corrected chi connectivity index (χ2v) is 7.32. The second kappa shape index (κ2) is 9.26. The largest absolute Gasteiger partial charge is 0.491 e. The van der Waals surface area contributed by atoms with E-state index in [1.54, 1.807) is 4.90 Å². The zero-order chi connectivity index (χ0) is 19.9. The van der Waals surface area contributed by atoms with Crippen molar-refractivity contribution in [1.29, 1.82) is 0 Å². The van der Waals surface area contributed by atoms with Gasteiger partial charge in [0.15, 0.2) is 0 Å². The average Bonchev–Trinajstić information content (AvgIpc) is 2.69. The van der Waals surface area contributed by atoms with Crippen molar-refractivity contribution in [3.05, 3.63) is 60.2 Å². The van der Waals surface area contributed by atoms with Gasteiger partial charge in [-0.15, -0.1) is 0 Å². The summed E-state index contributed by atoms with van der Waals surface area (Å²) in [5.41, 5.74) is 1.63. The molecule has 0 radical (unpaired) electrons. The van der Waals surface area contributed by atoms with Gasteiger partial charge in [0.25, 0.3) is 0 Å². The summed E-state index contributed by atoms with van der Waals surface area (Å²) in [7, 11) is 0. The highest BCUT2D eigenvalue weighted by Gasteiger charge is 2.33. The number of anilines is 1. The maximum Gasteiger partial charge on any atom is 0.322 e. The number of rotatable bonds is 6. The number of nitrogens with one attached hydrogen (secondary N) is 2. The summed E-state index contributed by atoms with van der Waals surface area (Å²) in [5, 5.41) is 5.78. The van der Waals surface area contributed by atoms with Crippen LogP contribution in [-0.4, -0.2) is 42.6 Å². The molecule has 0 aliphatic carbocycles. The first-order valence-electron chi connectivity index (χ1n) is 9.65. The van der Waals surface area contributed by atoms with Crippen LogP contribution in [0.2, 0.25) is 0 Å². The molecule has 0 saturated carbocycles. The molecule has 1 aliphatic rings. The van der Waals surface area contributed by atoms with Gasteiger partial charge in [-0.2, -0.15) is 0 Å². The Bertz CT molecular complexity index is 808. The number of hydrogen-bond acceptors (Lipinski definition) is 3. The van der Waals surface area contributed by atoms with Crippen LogP contribution in [0.5, 0.6) is 5.75 Å². The maximum atomic E-state index is 13.0. The number of hydrogen-bond donors (Lipinski definition) is 2. The lowest BCUT2D eigenvalue weighted by atomic mass is 10.0. The SMILES string of the molecule is CC(C)COc1ccccc1NC(=O)N1CCNC(=O)[C@H]1Cc1ccccc1. The van der Waals surface area contributed by atoms with Crippen LogP contribution in [0.3, 0.4) is 0 Å². The molecule has 3 amide bonds. The Morgan fingerprint density at radius 2 is 1.89 bits per heavy atom. The summed E-state index contributed by atoms with van der Waals surface area (Å²) in [6.45, 7) is 5.62. The number of carbonyl (C=O) groups is 2. The molecule has 0 spiro atoms. The second-order valence-electron chi connectivity index (χ2n) is 7.32. The molecule has 2 aromatic carbocycles. The van der Waals surface area contributed by atoms with Crippen LogP contribution < -0.4 is 15.4 Å². The number of para-hydroxylation sites is 2. The van der Waals surface area contributed by atoms with Crippen molar-refractivity contribution in [2.24, 2.45) is 5.92 Å². The number of benzene rings is 2. The fraction of sp³-hybridized carbons (Fsp3) is 0.364. The summed E-state index contributed by atoms with van der Waals surface area (Å²) in [4.78, 5) is 27.0. The molecule has 148 valence electrons. The minimum atomic E-state index is -0.542. The number of urea groups is 1. The Morgan fingerprint density at radius 3 is 2.64 bits per heavy atom. The number of carbonyl (C=O) groups excluding carboxylic acids is 2. The maximum absolute atomic E-state index is 13.0. The van der Waals surface area contributed by atoms with Crippen molar-refractivity contribution in [3.8, 4) is 5.75 Å². The molecule has 6 heteroatoms. The third-order valence-electron chi connectivity index (χ3n) is 4.56. The van der Waals surface area contributed by atoms with Gasteiger partial charge in [0.2, 0.25) is 5.91 Å². The molecule has 1 saturated heterocycles. The molecule has 1 heterocycles.